The lowest BCUT2D eigenvalue weighted by atomic mass is 9.84. The highest BCUT2D eigenvalue weighted by atomic mass is 16.4. The number of carboxylic acid groups (broad SMARTS) is 1. The van der Waals surface area contributed by atoms with Crippen molar-refractivity contribution in [1.29, 1.82) is 0 Å². The van der Waals surface area contributed by atoms with Crippen molar-refractivity contribution in [2.45, 2.75) is 6.54 Å². The maximum absolute atomic E-state index is 11.3. The van der Waals surface area contributed by atoms with Gasteiger partial charge < -0.3 is 10.0 Å². The summed E-state index contributed by atoms with van der Waals surface area (Å²) in [5.41, 5.74) is 10.00. The Hall–Kier alpha value is -4.93. The number of carboxylic acids is 1. The standard InChI is InChI=1S/C38H34N2O2/c41-38(42)32-20-22-34(23-21-32)40-26-24-39(25-27-40)28-33-18-10-11-19-35(33)37(31-16-8-3-9-17-31)36(29-12-4-1-5-13-29)30-14-6-2-7-15-30/h1-23H,24-28H2,(H,41,42). The number of nitrogens with zero attached hydrogens (tertiary/aromatic N) is 2. The Bertz CT molecular complexity index is 1610. The van der Waals surface area contributed by atoms with Gasteiger partial charge in [-0.15, -0.1) is 0 Å². The average molecular weight is 551 g/mol. The van der Waals surface area contributed by atoms with Gasteiger partial charge in [-0.25, -0.2) is 4.79 Å². The normalized spacial score (nSPS) is 13.5. The molecule has 0 bridgehead atoms. The SMILES string of the molecule is O=C(O)c1ccc(N2CCN(Cc3ccccc3C(=C(c3ccccc3)c3ccccc3)c3ccccc3)CC2)cc1. The van der Waals surface area contributed by atoms with Gasteiger partial charge in [0.25, 0.3) is 0 Å². The van der Waals surface area contributed by atoms with Gasteiger partial charge in [-0.1, -0.05) is 115 Å². The molecular weight excluding hydrogens is 516 g/mol. The van der Waals surface area contributed by atoms with E-state index in [0.717, 1.165) is 38.4 Å². The first-order valence-electron chi connectivity index (χ1n) is 14.5. The van der Waals surface area contributed by atoms with Crippen molar-refractivity contribution in [2.75, 3.05) is 31.1 Å². The lowest BCUT2D eigenvalue weighted by Crippen LogP contribution is -2.46. The topological polar surface area (TPSA) is 43.8 Å². The van der Waals surface area contributed by atoms with Crippen molar-refractivity contribution < 1.29 is 9.90 Å². The van der Waals surface area contributed by atoms with Crippen molar-refractivity contribution in [3.8, 4) is 0 Å². The van der Waals surface area contributed by atoms with Gasteiger partial charge in [0.05, 0.1) is 5.56 Å². The van der Waals surface area contributed by atoms with Crippen LogP contribution in [-0.2, 0) is 6.54 Å². The molecule has 0 spiro atoms. The van der Waals surface area contributed by atoms with Crippen LogP contribution in [0.5, 0.6) is 0 Å². The zero-order valence-corrected chi connectivity index (χ0v) is 23.6. The second-order valence-corrected chi connectivity index (χ2v) is 10.6. The van der Waals surface area contributed by atoms with Gasteiger partial charge in [0.15, 0.2) is 0 Å². The first kappa shape index (κ1) is 27.3. The number of aromatic carboxylic acids is 1. The average Bonchev–Trinajstić information content (AvgIpc) is 3.06. The minimum atomic E-state index is -0.892. The van der Waals surface area contributed by atoms with Crippen LogP contribution in [0.3, 0.4) is 0 Å². The van der Waals surface area contributed by atoms with Crippen molar-refractivity contribution >= 4 is 22.8 Å². The van der Waals surface area contributed by atoms with Gasteiger partial charge in [0, 0.05) is 38.4 Å². The number of hydrogen-bond acceptors (Lipinski definition) is 3. The summed E-state index contributed by atoms with van der Waals surface area (Å²) >= 11 is 0. The third-order valence-electron chi connectivity index (χ3n) is 7.97. The monoisotopic (exact) mass is 550 g/mol. The van der Waals surface area contributed by atoms with Crippen molar-refractivity contribution in [2.24, 2.45) is 0 Å². The highest BCUT2D eigenvalue weighted by Gasteiger charge is 2.22. The number of rotatable bonds is 8. The van der Waals surface area contributed by atoms with E-state index in [-0.39, 0.29) is 0 Å². The molecule has 5 aromatic carbocycles. The van der Waals surface area contributed by atoms with Crippen LogP contribution in [0.2, 0.25) is 0 Å². The Morgan fingerprint density at radius 2 is 1.00 bits per heavy atom. The second kappa shape index (κ2) is 12.7. The molecule has 208 valence electrons. The highest BCUT2D eigenvalue weighted by Crippen LogP contribution is 2.38. The molecule has 4 heteroatoms. The first-order chi connectivity index (χ1) is 20.7. The van der Waals surface area contributed by atoms with E-state index < -0.39 is 5.97 Å². The molecule has 0 aliphatic carbocycles. The summed E-state index contributed by atoms with van der Waals surface area (Å²) in [4.78, 5) is 16.1. The van der Waals surface area contributed by atoms with Crippen LogP contribution in [0.1, 0.15) is 38.2 Å². The van der Waals surface area contributed by atoms with Gasteiger partial charge in [0.2, 0.25) is 0 Å². The van der Waals surface area contributed by atoms with Crippen LogP contribution in [0, 0.1) is 0 Å². The van der Waals surface area contributed by atoms with Gasteiger partial charge >= 0.3 is 5.97 Å². The molecule has 0 radical (unpaired) electrons. The van der Waals surface area contributed by atoms with E-state index in [1.807, 2.05) is 12.1 Å². The Morgan fingerprint density at radius 3 is 1.52 bits per heavy atom. The van der Waals surface area contributed by atoms with Crippen LogP contribution < -0.4 is 4.90 Å². The van der Waals surface area contributed by atoms with E-state index >= 15 is 0 Å². The maximum Gasteiger partial charge on any atom is 0.335 e. The van der Waals surface area contributed by atoms with Crippen LogP contribution in [0.25, 0.3) is 11.1 Å². The minimum Gasteiger partial charge on any atom is -0.478 e. The number of hydrogen-bond donors (Lipinski definition) is 1. The second-order valence-electron chi connectivity index (χ2n) is 10.6. The highest BCUT2D eigenvalue weighted by molar-refractivity contribution is 6.05. The fourth-order valence-electron chi connectivity index (χ4n) is 5.83. The largest absolute Gasteiger partial charge is 0.478 e. The van der Waals surface area contributed by atoms with E-state index in [9.17, 15) is 9.90 Å². The van der Waals surface area contributed by atoms with Gasteiger partial charge in [0.1, 0.15) is 0 Å². The van der Waals surface area contributed by atoms with E-state index in [4.69, 9.17) is 0 Å². The van der Waals surface area contributed by atoms with E-state index in [2.05, 4.69) is 125 Å². The molecule has 1 N–H and O–H groups in total. The molecule has 4 nitrogen and oxygen atoms in total. The molecule has 0 amide bonds. The zero-order chi connectivity index (χ0) is 28.7. The smallest absolute Gasteiger partial charge is 0.335 e. The van der Waals surface area contributed by atoms with Gasteiger partial charge in [-0.05, 0) is 63.2 Å². The lowest BCUT2D eigenvalue weighted by molar-refractivity contribution is 0.0697. The lowest BCUT2D eigenvalue weighted by Gasteiger charge is -2.36. The van der Waals surface area contributed by atoms with Gasteiger partial charge in [-0.3, -0.25) is 4.90 Å². The molecule has 0 unspecified atom stereocenters. The van der Waals surface area contributed by atoms with E-state index in [1.54, 1.807) is 12.1 Å². The molecule has 0 aromatic heterocycles. The van der Waals surface area contributed by atoms with Crippen molar-refractivity contribution in [1.82, 2.24) is 4.90 Å². The molecule has 1 saturated heterocycles. The predicted molar refractivity (Wildman–Crippen MR) is 172 cm³/mol. The minimum absolute atomic E-state index is 0.321. The summed E-state index contributed by atoms with van der Waals surface area (Å²) in [5, 5.41) is 9.24. The summed E-state index contributed by atoms with van der Waals surface area (Å²) < 4.78 is 0. The molecule has 0 atom stereocenters. The molecule has 5 aromatic rings. The number of anilines is 1. The molecule has 6 rings (SSSR count). The quantitative estimate of drug-likeness (QED) is 0.201. The number of carbonyl (C=O) groups is 1. The van der Waals surface area contributed by atoms with Crippen LogP contribution in [0.4, 0.5) is 5.69 Å². The predicted octanol–water partition coefficient (Wildman–Crippen LogP) is 7.71. The molecule has 42 heavy (non-hydrogen) atoms. The molecule has 0 saturated carbocycles. The van der Waals surface area contributed by atoms with E-state index in [0.29, 0.717) is 5.56 Å². The Morgan fingerprint density at radius 1 is 0.524 bits per heavy atom. The molecule has 1 heterocycles. The third-order valence-corrected chi connectivity index (χ3v) is 7.97. The van der Waals surface area contributed by atoms with Crippen molar-refractivity contribution in [3.05, 3.63) is 173 Å². The summed E-state index contributed by atoms with van der Waals surface area (Å²) in [7, 11) is 0. The van der Waals surface area contributed by atoms with E-state index in [1.165, 1.54) is 39.0 Å². The summed E-state index contributed by atoms with van der Waals surface area (Å²) in [5.74, 6) is -0.892. The fourth-order valence-corrected chi connectivity index (χ4v) is 5.83. The summed E-state index contributed by atoms with van der Waals surface area (Å²) in [6.45, 7) is 4.52. The molecular formula is C38H34N2O2. The van der Waals surface area contributed by atoms with Crippen molar-refractivity contribution in [3.63, 3.8) is 0 Å². The zero-order valence-electron chi connectivity index (χ0n) is 23.6. The van der Waals surface area contributed by atoms with Crippen LogP contribution in [-0.4, -0.2) is 42.2 Å². The first-order valence-corrected chi connectivity index (χ1v) is 14.5. The Kier molecular flexibility index (Phi) is 8.25. The Balaban J connectivity index is 1.35. The molecule has 1 aliphatic heterocycles. The van der Waals surface area contributed by atoms with Gasteiger partial charge in [-0.2, -0.15) is 0 Å². The third kappa shape index (κ3) is 6.04. The fraction of sp³-hybridized carbons (Fsp3) is 0.132. The van der Waals surface area contributed by atoms with Crippen LogP contribution in [0.15, 0.2) is 140 Å². The maximum atomic E-state index is 11.3. The van der Waals surface area contributed by atoms with Crippen LogP contribution >= 0.6 is 0 Å². The molecule has 1 fully saturated rings. The molecule has 1 aliphatic rings. The number of benzene rings is 5. The summed E-state index contributed by atoms with van der Waals surface area (Å²) in [6.07, 6.45) is 0. The number of piperazine rings is 1. The Labute approximate surface area is 247 Å². The summed E-state index contributed by atoms with van der Waals surface area (Å²) in [6, 6.07) is 48.2.